The SMILES string of the molecule is OC(CC1CCCCO1)c1cc(Br)ccc1F. The van der Waals surface area contributed by atoms with Gasteiger partial charge in [0, 0.05) is 23.1 Å². The van der Waals surface area contributed by atoms with Gasteiger partial charge in [-0.2, -0.15) is 0 Å². The average Bonchev–Trinajstić information content (AvgIpc) is 2.33. The maximum absolute atomic E-state index is 13.6. The van der Waals surface area contributed by atoms with Gasteiger partial charge in [-0.25, -0.2) is 4.39 Å². The quantitative estimate of drug-likeness (QED) is 0.925. The molecule has 2 nitrogen and oxygen atoms in total. The second-order valence-electron chi connectivity index (χ2n) is 4.41. The van der Waals surface area contributed by atoms with Crippen molar-refractivity contribution < 1.29 is 14.2 Å². The highest BCUT2D eigenvalue weighted by Crippen LogP contribution is 2.28. The molecule has 0 aromatic heterocycles. The van der Waals surface area contributed by atoms with E-state index in [9.17, 15) is 9.50 Å². The number of benzene rings is 1. The van der Waals surface area contributed by atoms with E-state index in [1.165, 1.54) is 6.07 Å². The zero-order valence-corrected chi connectivity index (χ0v) is 11.1. The van der Waals surface area contributed by atoms with Gasteiger partial charge >= 0.3 is 0 Å². The third-order valence-electron chi connectivity index (χ3n) is 3.08. The van der Waals surface area contributed by atoms with E-state index in [1.807, 2.05) is 0 Å². The molecule has 0 aliphatic carbocycles. The first-order valence-electron chi connectivity index (χ1n) is 5.91. The Labute approximate surface area is 109 Å². The van der Waals surface area contributed by atoms with Gasteiger partial charge in [0.25, 0.3) is 0 Å². The number of aliphatic hydroxyl groups is 1. The maximum atomic E-state index is 13.6. The molecule has 0 bridgehead atoms. The van der Waals surface area contributed by atoms with E-state index in [1.54, 1.807) is 12.1 Å². The molecule has 1 aliphatic heterocycles. The molecule has 2 unspecified atom stereocenters. The van der Waals surface area contributed by atoms with Crippen molar-refractivity contribution in [3.63, 3.8) is 0 Å². The van der Waals surface area contributed by atoms with Crippen LogP contribution in [0.5, 0.6) is 0 Å². The average molecular weight is 303 g/mol. The normalized spacial score (nSPS) is 22.4. The summed E-state index contributed by atoms with van der Waals surface area (Å²) in [5, 5.41) is 10.0. The van der Waals surface area contributed by atoms with E-state index < -0.39 is 6.10 Å². The molecule has 1 aromatic carbocycles. The van der Waals surface area contributed by atoms with Crippen molar-refractivity contribution in [3.05, 3.63) is 34.1 Å². The molecule has 0 amide bonds. The van der Waals surface area contributed by atoms with Crippen LogP contribution in [0.3, 0.4) is 0 Å². The minimum absolute atomic E-state index is 0.0529. The Kier molecular flexibility index (Phi) is 4.54. The molecule has 1 heterocycles. The summed E-state index contributed by atoms with van der Waals surface area (Å²) in [6.45, 7) is 0.748. The smallest absolute Gasteiger partial charge is 0.129 e. The van der Waals surface area contributed by atoms with Crippen LogP contribution < -0.4 is 0 Å². The van der Waals surface area contributed by atoms with Crippen LogP contribution in [0, 0.1) is 5.82 Å². The summed E-state index contributed by atoms with van der Waals surface area (Å²) in [7, 11) is 0. The van der Waals surface area contributed by atoms with Crippen LogP contribution in [0.2, 0.25) is 0 Å². The van der Waals surface area contributed by atoms with E-state index in [0.29, 0.717) is 12.0 Å². The lowest BCUT2D eigenvalue weighted by Crippen LogP contribution is -2.21. The van der Waals surface area contributed by atoms with Crippen LogP contribution in [-0.4, -0.2) is 17.8 Å². The molecule has 2 rings (SSSR count). The molecule has 1 aliphatic rings. The first-order valence-corrected chi connectivity index (χ1v) is 6.70. The first-order chi connectivity index (χ1) is 8.16. The molecule has 1 fully saturated rings. The van der Waals surface area contributed by atoms with Crippen molar-refractivity contribution in [2.75, 3.05) is 6.61 Å². The van der Waals surface area contributed by atoms with Crippen LogP contribution in [0.4, 0.5) is 4.39 Å². The Hall–Kier alpha value is -0.450. The van der Waals surface area contributed by atoms with Crippen LogP contribution in [0.15, 0.2) is 22.7 Å². The van der Waals surface area contributed by atoms with Gasteiger partial charge in [0.05, 0.1) is 12.2 Å². The van der Waals surface area contributed by atoms with Gasteiger partial charge in [-0.3, -0.25) is 0 Å². The Morgan fingerprint density at radius 1 is 1.47 bits per heavy atom. The van der Waals surface area contributed by atoms with Crippen molar-refractivity contribution in [1.82, 2.24) is 0 Å². The summed E-state index contributed by atoms with van der Waals surface area (Å²) in [5.41, 5.74) is 0.341. The van der Waals surface area contributed by atoms with Gasteiger partial charge in [-0.15, -0.1) is 0 Å². The topological polar surface area (TPSA) is 29.5 Å². The van der Waals surface area contributed by atoms with Crippen molar-refractivity contribution in [2.24, 2.45) is 0 Å². The van der Waals surface area contributed by atoms with Crippen molar-refractivity contribution >= 4 is 15.9 Å². The summed E-state index contributed by atoms with van der Waals surface area (Å²) >= 11 is 3.28. The summed E-state index contributed by atoms with van der Waals surface area (Å²) in [6, 6.07) is 4.62. The fraction of sp³-hybridized carbons (Fsp3) is 0.538. The van der Waals surface area contributed by atoms with Crippen LogP contribution in [0.25, 0.3) is 0 Å². The van der Waals surface area contributed by atoms with E-state index in [-0.39, 0.29) is 11.9 Å². The fourth-order valence-corrected chi connectivity index (χ4v) is 2.52. The molecule has 0 saturated carbocycles. The van der Waals surface area contributed by atoms with Gasteiger partial charge in [-0.1, -0.05) is 15.9 Å². The molecule has 1 N–H and O–H groups in total. The highest BCUT2D eigenvalue weighted by molar-refractivity contribution is 9.10. The number of rotatable bonds is 3. The van der Waals surface area contributed by atoms with E-state index in [4.69, 9.17) is 4.74 Å². The Balaban J connectivity index is 2.02. The largest absolute Gasteiger partial charge is 0.388 e. The molecule has 1 saturated heterocycles. The minimum atomic E-state index is -0.796. The van der Waals surface area contributed by atoms with Gasteiger partial charge in [0.2, 0.25) is 0 Å². The second kappa shape index (κ2) is 5.94. The molecular weight excluding hydrogens is 287 g/mol. The Morgan fingerprint density at radius 2 is 2.29 bits per heavy atom. The number of hydrogen-bond donors (Lipinski definition) is 1. The zero-order valence-electron chi connectivity index (χ0n) is 9.53. The highest BCUT2D eigenvalue weighted by atomic mass is 79.9. The monoisotopic (exact) mass is 302 g/mol. The summed E-state index contributed by atoms with van der Waals surface area (Å²) < 4.78 is 19.9. The number of aliphatic hydroxyl groups excluding tert-OH is 1. The van der Waals surface area contributed by atoms with E-state index in [0.717, 1.165) is 30.3 Å². The van der Waals surface area contributed by atoms with E-state index in [2.05, 4.69) is 15.9 Å². The number of ether oxygens (including phenoxy) is 1. The van der Waals surface area contributed by atoms with Crippen molar-refractivity contribution in [3.8, 4) is 0 Å². The number of hydrogen-bond acceptors (Lipinski definition) is 2. The molecule has 17 heavy (non-hydrogen) atoms. The Bertz CT molecular complexity index is 378. The molecule has 1 aromatic rings. The summed E-state index contributed by atoms with van der Waals surface area (Å²) in [5.74, 6) is -0.364. The standard InChI is InChI=1S/C13H16BrFO2/c14-9-4-5-12(15)11(7-9)13(16)8-10-3-1-2-6-17-10/h4-5,7,10,13,16H,1-3,6,8H2. The van der Waals surface area contributed by atoms with E-state index >= 15 is 0 Å². The summed E-state index contributed by atoms with van der Waals surface area (Å²) in [4.78, 5) is 0. The third-order valence-corrected chi connectivity index (χ3v) is 3.57. The lowest BCUT2D eigenvalue weighted by Gasteiger charge is -2.25. The zero-order chi connectivity index (χ0) is 12.3. The van der Waals surface area contributed by atoms with Crippen molar-refractivity contribution in [1.29, 1.82) is 0 Å². The highest BCUT2D eigenvalue weighted by Gasteiger charge is 2.21. The molecular formula is C13H16BrFO2. The Morgan fingerprint density at radius 3 is 3.00 bits per heavy atom. The third kappa shape index (κ3) is 3.50. The van der Waals surface area contributed by atoms with Gasteiger partial charge in [0.1, 0.15) is 5.82 Å². The molecule has 0 radical (unpaired) electrons. The predicted molar refractivity (Wildman–Crippen MR) is 67.3 cm³/mol. The van der Waals surface area contributed by atoms with Crippen molar-refractivity contribution in [2.45, 2.75) is 37.9 Å². The second-order valence-corrected chi connectivity index (χ2v) is 5.32. The fourth-order valence-electron chi connectivity index (χ4n) is 2.14. The van der Waals surface area contributed by atoms with Crippen LogP contribution in [-0.2, 0) is 4.74 Å². The number of halogens is 2. The summed E-state index contributed by atoms with van der Waals surface area (Å²) in [6.07, 6.45) is 2.88. The van der Waals surface area contributed by atoms with Crippen LogP contribution >= 0.6 is 15.9 Å². The van der Waals surface area contributed by atoms with Crippen LogP contribution in [0.1, 0.15) is 37.4 Å². The first kappa shape index (κ1) is 13.0. The lowest BCUT2D eigenvalue weighted by atomic mass is 9.98. The van der Waals surface area contributed by atoms with Gasteiger partial charge < -0.3 is 9.84 Å². The molecule has 4 heteroatoms. The lowest BCUT2D eigenvalue weighted by molar-refractivity contribution is -0.0161. The molecule has 94 valence electrons. The van der Waals surface area contributed by atoms with Gasteiger partial charge in [0.15, 0.2) is 0 Å². The van der Waals surface area contributed by atoms with Gasteiger partial charge in [-0.05, 0) is 37.5 Å². The predicted octanol–water partition coefficient (Wildman–Crippen LogP) is 3.58. The minimum Gasteiger partial charge on any atom is -0.388 e. The maximum Gasteiger partial charge on any atom is 0.129 e. The molecule has 0 spiro atoms. The molecule has 2 atom stereocenters.